The van der Waals surface area contributed by atoms with E-state index in [0.717, 1.165) is 24.3 Å². The molecule has 4 nitrogen and oxygen atoms in total. The second-order valence-corrected chi connectivity index (χ2v) is 4.85. The number of hydrogen-bond acceptors (Lipinski definition) is 4. The molecule has 1 aliphatic heterocycles. The monoisotopic (exact) mass is 263 g/mol. The van der Waals surface area contributed by atoms with E-state index in [1.807, 2.05) is 12.1 Å². The second kappa shape index (κ2) is 4.53. The molecule has 0 radical (unpaired) electrons. The summed E-state index contributed by atoms with van der Waals surface area (Å²) in [6.07, 6.45) is 2.43. The Balaban J connectivity index is 2.11. The molecule has 0 amide bonds. The Labute approximate surface area is 110 Å². The van der Waals surface area contributed by atoms with Gasteiger partial charge in [-0.15, -0.1) is 0 Å². The van der Waals surface area contributed by atoms with Crippen molar-refractivity contribution in [2.24, 2.45) is 0 Å². The molecule has 0 atom stereocenters. The van der Waals surface area contributed by atoms with E-state index in [-0.39, 0.29) is 0 Å². The zero-order valence-electron chi connectivity index (χ0n) is 9.90. The van der Waals surface area contributed by atoms with Crippen molar-refractivity contribution >= 4 is 23.2 Å². The van der Waals surface area contributed by atoms with Gasteiger partial charge in [0.25, 0.3) is 0 Å². The van der Waals surface area contributed by atoms with Gasteiger partial charge in [-0.25, -0.2) is 0 Å². The van der Waals surface area contributed by atoms with Crippen LogP contribution in [-0.2, 0) is 0 Å². The summed E-state index contributed by atoms with van der Waals surface area (Å²) in [7, 11) is 0. The number of rotatable bonds is 2. The van der Waals surface area contributed by atoms with Gasteiger partial charge in [0.05, 0.1) is 5.02 Å². The third kappa shape index (κ3) is 1.93. The maximum absolute atomic E-state index is 6.30. The third-order valence-electron chi connectivity index (χ3n) is 3.22. The summed E-state index contributed by atoms with van der Waals surface area (Å²) < 4.78 is 4.94. The smallest absolute Gasteiger partial charge is 0.222 e. The number of halogens is 1. The van der Waals surface area contributed by atoms with E-state index < -0.39 is 0 Å². The van der Waals surface area contributed by atoms with Crippen molar-refractivity contribution in [2.75, 3.05) is 23.7 Å². The zero-order valence-corrected chi connectivity index (χ0v) is 10.7. The number of nitrogens with zero attached hydrogens (tertiary/aromatic N) is 2. The summed E-state index contributed by atoms with van der Waals surface area (Å²) in [4.78, 5) is 2.33. The summed E-state index contributed by atoms with van der Waals surface area (Å²) in [6, 6.07) is 7.60. The fourth-order valence-electron chi connectivity index (χ4n) is 2.40. The van der Waals surface area contributed by atoms with Crippen LogP contribution < -0.4 is 10.6 Å². The molecule has 18 heavy (non-hydrogen) atoms. The van der Waals surface area contributed by atoms with Crippen molar-refractivity contribution in [1.29, 1.82) is 0 Å². The molecule has 0 unspecified atom stereocenters. The number of benzene rings is 1. The SMILES string of the molecule is Nc1cc(-c2c(Cl)cccc2N2CCCC2)no1. The molecule has 94 valence electrons. The minimum absolute atomic E-state index is 0.303. The zero-order chi connectivity index (χ0) is 12.5. The Kier molecular flexibility index (Phi) is 2.88. The highest BCUT2D eigenvalue weighted by Gasteiger charge is 2.20. The Morgan fingerprint density at radius 3 is 2.72 bits per heavy atom. The molecule has 1 aromatic heterocycles. The third-order valence-corrected chi connectivity index (χ3v) is 3.54. The topological polar surface area (TPSA) is 55.3 Å². The molecule has 1 aliphatic rings. The molecule has 0 spiro atoms. The maximum atomic E-state index is 6.30. The fraction of sp³-hybridized carbons (Fsp3) is 0.308. The van der Waals surface area contributed by atoms with Gasteiger partial charge < -0.3 is 15.2 Å². The Morgan fingerprint density at radius 1 is 1.28 bits per heavy atom. The molecule has 1 fully saturated rings. The van der Waals surface area contributed by atoms with Crippen LogP contribution in [-0.4, -0.2) is 18.2 Å². The lowest BCUT2D eigenvalue weighted by atomic mass is 10.1. The summed E-state index contributed by atoms with van der Waals surface area (Å²) in [5.74, 6) is 0.303. The lowest BCUT2D eigenvalue weighted by Gasteiger charge is -2.21. The average Bonchev–Trinajstić information content (AvgIpc) is 2.99. The van der Waals surface area contributed by atoms with Crippen molar-refractivity contribution in [3.8, 4) is 11.3 Å². The summed E-state index contributed by atoms with van der Waals surface area (Å²) in [5, 5.41) is 4.64. The van der Waals surface area contributed by atoms with E-state index in [1.54, 1.807) is 6.07 Å². The molecule has 5 heteroatoms. The first kappa shape index (κ1) is 11.4. The van der Waals surface area contributed by atoms with Gasteiger partial charge in [0.1, 0.15) is 5.69 Å². The number of hydrogen-bond donors (Lipinski definition) is 1. The number of nitrogen functional groups attached to an aromatic ring is 1. The molecule has 1 aromatic carbocycles. The maximum Gasteiger partial charge on any atom is 0.222 e. The standard InChI is InChI=1S/C13H14ClN3O/c14-9-4-3-5-11(17-6-1-2-7-17)13(9)10-8-12(15)18-16-10/h3-5,8H,1-2,6-7,15H2. The van der Waals surface area contributed by atoms with E-state index in [2.05, 4.69) is 16.1 Å². The molecule has 0 saturated carbocycles. The molecule has 2 N–H and O–H groups in total. The van der Waals surface area contributed by atoms with Gasteiger partial charge in [-0.05, 0) is 25.0 Å². The molecule has 0 bridgehead atoms. The van der Waals surface area contributed by atoms with Crippen LogP contribution in [0.1, 0.15) is 12.8 Å². The van der Waals surface area contributed by atoms with Crippen molar-refractivity contribution in [2.45, 2.75) is 12.8 Å². The van der Waals surface area contributed by atoms with Crippen LogP contribution in [0, 0.1) is 0 Å². The minimum Gasteiger partial charge on any atom is -0.371 e. The van der Waals surface area contributed by atoms with Gasteiger partial charge in [-0.3, -0.25) is 0 Å². The summed E-state index contributed by atoms with van der Waals surface area (Å²) in [5.41, 5.74) is 8.29. The molecular weight excluding hydrogens is 250 g/mol. The van der Waals surface area contributed by atoms with E-state index in [1.165, 1.54) is 12.8 Å². The van der Waals surface area contributed by atoms with E-state index in [9.17, 15) is 0 Å². The summed E-state index contributed by atoms with van der Waals surface area (Å²) >= 11 is 6.30. The van der Waals surface area contributed by atoms with Gasteiger partial charge in [0.15, 0.2) is 0 Å². The Hall–Kier alpha value is -1.68. The van der Waals surface area contributed by atoms with Crippen molar-refractivity contribution in [1.82, 2.24) is 5.16 Å². The first-order chi connectivity index (χ1) is 8.75. The van der Waals surface area contributed by atoms with E-state index in [4.69, 9.17) is 21.9 Å². The highest BCUT2D eigenvalue weighted by atomic mass is 35.5. The van der Waals surface area contributed by atoms with Gasteiger partial charge in [-0.1, -0.05) is 22.8 Å². The first-order valence-corrected chi connectivity index (χ1v) is 6.39. The molecule has 0 aliphatic carbocycles. The number of aromatic nitrogens is 1. The highest BCUT2D eigenvalue weighted by Crippen LogP contribution is 2.38. The van der Waals surface area contributed by atoms with Gasteiger partial charge in [0, 0.05) is 30.4 Å². The van der Waals surface area contributed by atoms with E-state index in [0.29, 0.717) is 16.6 Å². The van der Waals surface area contributed by atoms with Crippen LogP contribution in [0.25, 0.3) is 11.3 Å². The Morgan fingerprint density at radius 2 is 2.06 bits per heavy atom. The first-order valence-electron chi connectivity index (χ1n) is 6.02. The van der Waals surface area contributed by atoms with Crippen LogP contribution >= 0.6 is 11.6 Å². The molecular formula is C13H14ClN3O. The number of anilines is 2. The highest BCUT2D eigenvalue weighted by molar-refractivity contribution is 6.34. The van der Waals surface area contributed by atoms with Crippen molar-refractivity contribution in [3.05, 3.63) is 29.3 Å². The van der Waals surface area contributed by atoms with Crippen LogP contribution in [0.3, 0.4) is 0 Å². The summed E-state index contributed by atoms with van der Waals surface area (Å²) in [6.45, 7) is 2.11. The van der Waals surface area contributed by atoms with Crippen molar-refractivity contribution in [3.63, 3.8) is 0 Å². The predicted octanol–water partition coefficient (Wildman–Crippen LogP) is 3.18. The largest absolute Gasteiger partial charge is 0.371 e. The second-order valence-electron chi connectivity index (χ2n) is 4.44. The normalized spacial score (nSPS) is 15.3. The van der Waals surface area contributed by atoms with Gasteiger partial charge in [0.2, 0.25) is 5.88 Å². The van der Waals surface area contributed by atoms with Crippen LogP contribution in [0.4, 0.5) is 11.6 Å². The van der Waals surface area contributed by atoms with E-state index >= 15 is 0 Å². The minimum atomic E-state index is 0.303. The quantitative estimate of drug-likeness (QED) is 0.904. The molecule has 3 rings (SSSR count). The molecule has 1 saturated heterocycles. The Bertz CT molecular complexity index is 561. The fourth-order valence-corrected chi connectivity index (χ4v) is 2.66. The van der Waals surface area contributed by atoms with Crippen molar-refractivity contribution < 1.29 is 4.52 Å². The number of nitrogens with two attached hydrogens (primary N) is 1. The van der Waals surface area contributed by atoms with Gasteiger partial charge >= 0.3 is 0 Å². The van der Waals surface area contributed by atoms with Crippen LogP contribution in [0.2, 0.25) is 5.02 Å². The van der Waals surface area contributed by atoms with Crippen LogP contribution in [0.15, 0.2) is 28.8 Å². The molecule has 2 heterocycles. The molecule has 2 aromatic rings. The van der Waals surface area contributed by atoms with Gasteiger partial charge in [-0.2, -0.15) is 0 Å². The lowest BCUT2D eigenvalue weighted by Crippen LogP contribution is -2.18. The predicted molar refractivity (Wildman–Crippen MR) is 72.8 cm³/mol. The van der Waals surface area contributed by atoms with Crippen LogP contribution in [0.5, 0.6) is 0 Å². The average molecular weight is 264 g/mol. The lowest BCUT2D eigenvalue weighted by molar-refractivity contribution is 0.439.